The lowest BCUT2D eigenvalue weighted by Gasteiger charge is -2.14. The molecule has 2 rings (SSSR count). The number of rotatable bonds is 8. The van der Waals surface area contributed by atoms with E-state index in [-0.39, 0.29) is 12.4 Å². The lowest BCUT2D eigenvalue weighted by atomic mass is 10.2. The zero-order valence-electron chi connectivity index (χ0n) is 15.7. The molecule has 0 aliphatic heterocycles. The number of amides is 1. The lowest BCUT2D eigenvalue weighted by Crippen LogP contribution is -2.35. The summed E-state index contributed by atoms with van der Waals surface area (Å²) in [6.07, 6.45) is -0.960. The molecule has 1 N–H and O–H groups in total. The molecule has 0 fully saturated rings. The molecule has 1 atom stereocenters. The molecule has 0 radical (unpaired) electrons. The highest BCUT2D eigenvalue weighted by molar-refractivity contribution is 5.92. The van der Waals surface area contributed by atoms with Gasteiger partial charge in [-0.2, -0.15) is 0 Å². The van der Waals surface area contributed by atoms with Crippen LogP contribution in [-0.2, 0) is 16.1 Å². The number of ether oxygens (including phenoxy) is 2. The third kappa shape index (κ3) is 6.73. The van der Waals surface area contributed by atoms with Crippen molar-refractivity contribution < 1.29 is 23.5 Å². The van der Waals surface area contributed by atoms with Gasteiger partial charge in [0.05, 0.1) is 12.2 Å². The summed E-state index contributed by atoms with van der Waals surface area (Å²) < 4.78 is 23.7. The molecule has 0 aliphatic carbocycles. The maximum atomic E-state index is 12.9. The summed E-state index contributed by atoms with van der Waals surface area (Å²) >= 11 is 0. The first-order chi connectivity index (χ1) is 12.8. The molecule has 0 aromatic heterocycles. The molecule has 27 heavy (non-hydrogen) atoms. The monoisotopic (exact) mass is 373 g/mol. The summed E-state index contributed by atoms with van der Waals surface area (Å²) in [4.78, 5) is 24.4. The van der Waals surface area contributed by atoms with Gasteiger partial charge < -0.3 is 14.8 Å². The standard InChI is InChI=1S/C21H24FNO4/c1-14(2)13-26-19-6-4-5-17(11-19)21(25)27-15(3)20(24)23-12-16-7-9-18(22)10-8-16/h4-11,14-15H,12-13H2,1-3H3,(H,23,24)/t15-/m0/s1. The molecule has 0 saturated heterocycles. The van der Waals surface area contributed by atoms with Gasteiger partial charge in [-0.3, -0.25) is 4.79 Å². The van der Waals surface area contributed by atoms with Gasteiger partial charge in [-0.15, -0.1) is 0 Å². The topological polar surface area (TPSA) is 64.6 Å². The van der Waals surface area contributed by atoms with Crippen LogP contribution in [-0.4, -0.2) is 24.6 Å². The van der Waals surface area contributed by atoms with Crippen molar-refractivity contribution in [3.05, 3.63) is 65.5 Å². The first-order valence-electron chi connectivity index (χ1n) is 8.81. The Morgan fingerprint density at radius 3 is 2.44 bits per heavy atom. The van der Waals surface area contributed by atoms with Crippen LogP contribution < -0.4 is 10.1 Å². The average Bonchev–Trinajstić information content (AvgIpc) is 2.65. The Morgan fingerprint density at radius 1 is 1.07 bits per heavy atom. The number of hydrogen-bond acceptors (Lipinski definition) is 4. The summed E-state index contributed by atoms with van der Waals surface area (Å²) in [5.74, 6) is -0.432. The van der Waals surface area contributed by atoms with Crippen molar-refractivity contribution in [3.63, 3.8) is 0 Å². The quantitative estimate of drug-likeness (QED) is 0.716. The third-order valence-electron chi connectivity index (χ3n) is 3.69. The Labute approximate surface area is 158 Å². The van der Waals surface area contributed by atoms with Crippen molar-refractivity contribution in [2.24, 2.45) is 5.92 Å². The zero-order chi connectivity index (χ0) is 19.8. The fourth-order valence-electron chi connectivity index (χ4n) is 2.19. The Bertz CT molecular complexity index is 774. The highest BCUT2D eigenvalue weighted by Crippen LogP contribution is 2.16. The minimum absolute atomic E-state index is 0.222. The summed E-state index contributed by atoms with van der Waals surface area (Å²) in [7, 11) is 0. The molecule has 144 valence electrons. The smallest absolute Gasteiger partial charge is 0.339 e. The van der Waals surface area contributed by atoms with Crippen LogP contribution in [0.25, 0.3) is 0 Å². The Kier molecular flexibility index (Phi) is 7.34. The summed E-state index contributed by atoms with van der Waals surface area (Å²) in [6, 6.07) is 12.5. The molecule has 0 spiro atoms. The molecule has 0 unspecified atom stereocenters. The van der Waals surface area contributed by atoms with Crippen LogP contribution in [0.3, 0.4) is 0 Å². The van der Waals surface area contributed by atoms with E-state index in [0.717, 1.165) is 5.56 Å². The van der Waals surface area contributed by atoms with Gasteiger partial charge in [0.2, 0.25) is 0 Å². The predicted octanol–water partition coefficient (Wildman–Crippen LogP) is 3.72. The van der Waals surface area contributed by atoms with E-state index in [4.69, 9.17) is 9.47 Å². The van der Waals surface area contributed by atoms with E-state index in [1.54, 1.807) is 36.4 Å². The number of halogens is 1. The van der Waals surface area contributed by atoms with Crippen LogP contribution >= 0.6 is 0 Å². The van der Waals surface area contributed by atoms with Gasteiger partial charge in [0.15, 0.2) is 6.10 Å². The van der Waals surface area contributed by atoms with Crippen LogP contribution in [0.2, 0.25) is 0 Å². The van der Waals surface area contributed by atoms with Gasteiger partial charge in [-0.1, -0.05) is 32.0 Å². The molecular weight excluding hydrogens is 349 g/mol. The van der Waals surface area contributed by atoms with Crippen molar-refractivity contribution >= 4 is 11.9 Å². The fraction of sp³-hybridized carbons (Fsp3) is 0.333. The van der Waals surface area contributed by atoms with Gasteiger partial charge in [0.1, 0.15) is 11.6 Å². The van der Waals surface area contributed by atoms with E-state index in [9.17, 15) is 14.0 Å². The average molecular weight is 373 g/mol. The first kappa shape index (κ1) is 20.4. The van der Waals surface area contributed by atoms with E-state index >= 15 is 0 Å². The Morgan fingerprint density at radius 2 is 1.78 bits per heavy atom. The highest BCUT2D eigenvalue weighted by atomic mass is 19.1. The highest BCUT2D eigenvalue weighted by Gasteiger charge is 2.19. The van der Waals surface area contributed by atoms with E-state index in [1.807, 2.05) is 13.8 Å². The molecule has 6 heteroatoms. The van der Waals surface area contributed by atoms with E-state index in [0.29, 0.717) is 23.8 Å². The third-order valence-corrected chi connectivity index (χ3v) is 3.69. The molecule has 2 aromatic rings. The number of hydrogen-bond donors (Lipinski definition) is 1. The van der Waals surface area contributed by atoms with Crippen LogP contribution in [0.15, 0.2) is 48.5 Å². The second-order valence-corrected chi connectivity index (χ2v) is 6.62. The Hall–Kier alpha value is -2.89. The normalized spacial score (nSPS) is 11.7. The minimum Gasteiger partial charge on any atom is -0.493 e. The lowest BCUT2D eigenvalue weighted by molar-refractivity contribution is -0.129. The summed E-state index contributed by atoms with van der Waals surface area (Å²) in [5, 5.41) is 2.66. The second kappa shape index (κ2) is 9.71. The van der Waals surface area contributed by atoms with Crippen molar-refractivity contribution in [3.8, 4) is 5.75 Å². The molecule has 0 saturated carbocycles. The van der Waals surface area contributed by atoms with Crippen LogP contribution in [0.4, 0.5) is 4.39 Å². The predicted molar refractivity (Wildman–Crippen MR) is 99.9 cm³/mol. The molecule has 5 nitrogen and oxygen atoms in total. The van der Waals surface area contributed by atoms with Crippen LogP contribution in [0.1, 0.15) is 36.7 Å². The molecule has 0 heterocycles. The van der Waals surface area contributed by atoms with Crippen molar-refractivity contribution in [2.75, 3.05) is 6.61 Å². The number of benzene rings is 2. The number of nitrogens with one attached hydrogen (secondary N) is 1. The molecule has 0 aliphatic rings. The minimum atomic E-state index is -0.960. The number of carbonyl (C=O) groups is 2. The van der Waals surface area contributed by atoms with Crippen molar-refractivity contribution in [2.45, 2.75) is 33.4 Å². The van der Waals surface area contributed by atoms with Gasteiger partial charge >= 0.3 is 5.97 Å². The van der Waals surface area contributed by atoms with Crippen LogP contribution in [0, 0.1) is 11.7 Å². The molecule has 2 aromatic carbocycles. The number of carbonyl (C=O) groups excluding carboxylic acids is 2. The van der Waals surface area contributed by atoms with Gasteiger partial charge in [-0.05, 0) is 48.7 Å². The summed E-state index contributed by atoms with van der Waals surface area (Å²) in [5.41, 5.74) is 1.06. The van der Waals surface area contributed by atoms with E-state index < -0.39 is 18.0 Å². The van der Waals surface area contributed by atoms with Crippen LogP contribution in [0.5, 0.6) is 5.75 Å². The number of esters is 1. The largest absolute Gasteiger partial charge is 0.493 e. The second-order valence-electron chi connectivity index (χ2n) is 6.62. The van der Waals surface area contributed by atoms with E-state index in [1.165, 1.54) is 19.1 Å². The van der Waals surface area contributed by atoms with Gasteiger partial charge in [0, 0.05) is 6.54 Å². The fourth-order valence-corrected chi connectivity index (χ4v) is 2.19. The zero-order valence-corrected chi connectivity index (χ0v) is 15.7. The molecule has 1 amide bonds. The van der Waals surface area contributed by atoms with Gasteiger partial charge in [0.25, 0.3) is 5.91 Å². The van der Waals surface area contributed by atoms with Crippen molar-refractivity contribution in [1.29, 1.82) is 0 Å². The van der Waals surface area contributed by atoms with Gasteiger partial charge in [-0.25, -0.2) is 9.18 Å². The van der Waals surface area contributed by atoms with E-state index in [2.05, 4.69) is 5.32 Å². The molecule has 0 bridgehead atoms. The molecular formula is C21H24FNO4. The maximum absolute atomic E-state index is 12.9. The Balaban J connectivity index is 1.87. The maximum Gasteiger partial charge on any atom is 0.339 e. The SMILES string of the molecule is CC(C)COc1cccc(C(=O)O[C@@H](C)C(=O)NCc2ccc(F)cc2)c1. The first-order valence-corrected chi connectivity index (χ1v) is 8.81. The van der Waals surface area contributed by atoms with Crippen molar-refractivity contribution in [1.82, 2.24) is 5.32 Å². The summed E-state index contributed by atoms with van der Waals surface area (Å²) in [6.45, 7) is 6.33.